The van der Waals surface area contributed by atoms with Crippen LogP contribution in [0.25, 0.3) is 0 Å². The molecule has 2 rings (SSSR count). The Morgan fingerprint density at radius 3 is 2.94 bits per heavy atom. The minimum atomic E-state index is 0.0197. The van der Waals surface area contributed by atoms with Crippen molar-refractivity contribution in [1.82, 2.24) is 15.1 Å². The molecular formula is C11H17N5. The lowest BCUT2D eigenvalue weighted by Gasteiger charge is -2.25. The minimum absolute atomic E-state index is 0.0197. The van der Waals surface area contributed by atoms with E-state index in [1.165, 1.54) is 0 Å². The first-order valence-electron chi connectivity index (χ1n) is 5.48. The van der Waals surface area contributed by atoms with Gasteiger partial charge >= 0.3 is 0 Å². The van der Waals surface area contributed by atoms with E-state index in [4.69, 9.17) is 5.26 Å². The molecule has 0 aliphatic carbocycles. The first kappa shape index (κ1) is 11.0. The van der Waals surface area contributed by atoms with Crippen LogP contribution in [0.5, 0.6) is 0 Å². The lowest BCUT2D eigenvalue weighted by atomic mass is 10.0. The Kier molecular flexibility index (Phi) is 2.60. The molecule has 0 spiro atoms. The third kappa shape index (κ3) is 1.76. The van der Waals surface area contributed by atoms with Crippen LogP contribution in [0, 0.1) is 18.3 Å². The Morgan fingerprint density at radius 2 is 2.38 bits per heavy atom. The quantitative estimate of drug-likeness (QED) is 0.771. The van der Waals surface area contributed by atoms with Gasteiger partial charge in [-0.1, -0.05) is 0 Å². The number of aromatic nitrogens is 2. The van der Waals surface area contributed by atoms with Crippen LogP contribution in [0.1, 0.15) is 24.6 Å². The van der Waals surface area contributed by atoms with Gasteiger partial charge in [-0.3, -0.25) is 4.68 Å². The summed E-state index contributed by atoms with van der Waals surface area (Å²) >= 11 is 0. The van der Waals surface area contributed by atoms with Gasteiger partial charge in [0, 0.05) is 19.1 Å². The van der Waals surface area contributed by atoms with Crippen LogP contribution in [0.3, 0.4) is 0 Å². The summed E-state index contributed by atoms with van der Waals surface area (Å²) in [6.45, 7) is 5.96. The van der Waals surface area contributed by atoms with Crippen molar-refractivity contribution in [2.75, 3.05) is 18.4 Å². The molecular weight excluding hydrogens is 202 g/mol. The van der Waals surface area contributed by atoms with Crippen LogP contribution in [-0.4, -0.2) is 28.4 Å². The van der Waals surface area contributed by atoms with Crippen molar-refractivity contribution in [2.45, 2.75) is 25.8 Å². The molecule has 1 unspecified atom stereocenters. The van der Waals surface area contributed by atoms with Crippen molar-refractivity contribution >= 4 is 5.82 Å². The second kappa shape index (κ2) is 3.80. The summed E-state index contributed by atoms with van der Waals surface area (Å²) in [6, 6.07) is 2.21. The van der Waals surface area contributed by atoms with Gasteiger partial charge in [0.2, 0.25) is 0 Å². The molecule has 2 N–H and O–H groups in total. The summed E-state index contributed by atoms with van der Waals surface area (Å²) in [5.74, 6) is 0.825. The van der Waals surface area contributed by atoms with Crippen LogP contribution in [0.15, 0.2) is 0 Å². The average molecular weight is 219 g/mol. The molecule has 5 nitrogen and oxygen atoms in total. The number of hydrogen-bond acceptors (Lipinski definition) is 4. The summed E-state index contributed by atoms with van der Waals surface area (Å²) < 4.78 is 1.75. The molecule has 0 saturated carbocycles. The zero-order valence-corrected chi connectivity index (χ0v) is 9.96. The largest absolute Gasteiger partial charge is 0.363 e. The number of anilines is 1. The summed E-state index contributed by atoms with van der Waals surface area (Å²) in [5.41, 5.74) is 1.45. The van der Waals surface area contributed by atoms with E-state index in [1.807, 2.05) is 14.0 Å². The van der Waals surface area contributed by atoms with Gasteiger partial charge in [-0.25, -0.2) is 0 Å². The smallest absolute Gasteiger partial charge is 0.142 e. The second-order valence-electron chi connectivity index (χ2n) is 4.66. The SMILES string of the molecule is Cc1nn(C)c(NC2(C)CCNC2)c1C#N. The van der Waals surface area contributed by atoms with Gasteiger partial charge in [-0.2, -0.15) is 10.4 Å². The molecule has 1 aliphatic heterocycles. The average Bonchev–Trinajstić information content (AvgIpc) is 2.74. The van der Waals surface area contributed by atoms with E-state index in [0.29, 0.717) is 5.56 Å². The van der Waals surface area contributed by atoms with Crippen LogP contribution in [-0.2, 0) is 7.05 Å². The Morgan fingerprint density at radius 1 is 1.62 bits per heavy atom. The van der Waals surface area contributed by atoms with Crippen molar-refractivity contribution in [1.29, 1.82) is 5.26 Å². The third-order valence-corrected chi connectivity index (χ3v) is 3.12. The molecule has 0 amide bonds. The number of nitriles is 1. The van der Waals surface area contributed by atoms with E-state index in [1.54, 1.807) is 4.68 Å². The highest BCUT2D eigenvalue weighted by molar-refractivity contribution is 5.56. The van der Waals surface area contributed by atoms with E-state index in [2.05, 4.69) is 28.7 Å². The number of aryl methyl sites for hydroxylation is 2. The maximum Gasteiger partial charge on any atom is 0.142 e. The van der Waals surface area contributed by atoms with Crippen LogP contribution in [0.4, 0.5) is 5.82 Å². The first-order chi connectivity index (χ1) is 7.56. The molecule has 0 bridgehead atoms. The normalized spacial score (nSPS) is 24.4. The molecule has 0 aromatic carbocycles. The zero-order chi connectivity index (χ0) is 11.8. The fourth-order valence-electron chi connectivity index (χ4n) is 2.14. The van der Waals surface area contributed by atoms with Crippen molar-refractivity contribution < 1.29 is 0 Å². The van der Waals surface area contributed by atoms with E-state index in [9.17, 15) is 0 Å². The van der Waals surface area contributed by atoms with Crippen LogP contribution >= 0.6 is 0 Å². The maximum absolute atomic E-state index is 9.11. The molecule has 86 valence electrons. The number of nitrogens with one attached hydrogen (secondary N) is 2. The van der Waals surface area contributed by atoms with Gasteiger partial charge in [-0.05, 0) is 26.8 Å². The van der Waals surface area contributed by atoms with Gasteiger partial charge < -0.3 is 10.6 Å². The van der Waals surface area contributed by atoms with Gasteiger partial charge in [0.15, 0.2) is 0 Å². The van der Waals surface area contributed by atoms with Crippen molar-refractivity contribution in [2.24, 2.45) is 7.05 Å². The lowest BCUT2D eigenvalue weighted by Crippen LogP contribution is -2.37. The highest BCUT2D eigenvalue weighted by atomic mass is 15.3. The molecule has 1 aromatic rings. The first-order valence-corrected chi connectivity index (χ1v) is 5.48. The lowest BCUT2D eigenvalue weighted by molar-refractivity contribution is 0.556. The van der Waals surface area contributed by atoms with Gasteiger partial charge in [0.05, 0.1) is 5.69 Å². The number of nitrogens with zero attached hydrogens (tertiary/aromatic N) is 3. The van der Waals surface area contributed by atoms with Crippen LogP contribution in [0.2, 0.25) is 0 Å². The number of hydrogen-bond donors (Lipinski definition) is 2. The predicted octanol–water partition coefficient (Wildman–Crippen LogP) is 0.764. The molecule has 1 aliphatic rings. The van der Waals surface area contributed by atoms with E-state index in [-0.39, 0.29) is 5.54 Å². The highest BCUT2D eigenvalue weighted by Gasteiger charge is 2.30. The molecule has 1 atom stereocenters. The summed E-state index contributed by atoms with van der Waals surface area (Å²) in [7, 11) is 1.86. The second-order valence-corrected chi connectivity index (χ2v) is 4.66. The van der Waals surface area contributed by atoms with Gasteiger partial charge in [-0.15, -0.1) is 0 Å². The summed E-state index contributed by atoms with van der Waals surface area (Å²) in [4.78, 5) is 0. The molecule has 5 heteroatoms. The van der Waals surface area contributed by atoms with E-state index in [0.717, 1.165) is 31.0 Å². The monoisotopic (exact) mass is 219 g/mol. The third-order valence-electron chi connectivity index (χ3n) is 3.12. The Balaban J connectivity index is 2.31. The minimum Gasteiger partial charge on any atom is -0.363 e. The van der Waals surface area contributed by atoms with Crippen molar-refractivity contribution in [3.05, 3.63) is 11.3 Å². The van der Waals surface area contributed by atoms with Crippen LogP contribution < -0.4 is 10.6 Å². The summed E-state index contributed by atoms with van der Waals surface area (Å²) in [6.07, 6.45) is 1.06. The molecule has 1 aromatic heterocycles. The van der Waals surface area contributed by atoms with Crippen molar-refractivity contribution in [3.63, 3.8) is 0 Å². The van der Waals surface area contributed by atoms with Crippen molar-refractivity contribution in [3.8, 4) is 6.07 Å². The molecule has 16 heavy (non-hydrogen) atoms. The molecule has 2 heterocycles. The standard InChI is InChI=1S/C11H17N5/c1-8-9(6-12)10(16(3)15-8)14-11(2)4-5-13-7-11/h13-14H,4-5,7H2,1-3H3. The topological polar surface area (TPSA) is 65.7 Å². The highest BCUT2D eigenvalue weighted by Crippen LogP contribution is 2.24. The molecule has 1 saturated heterocycles. The van der Waals surface area contributed by atoms with E-state index >= 15 is 0 Å². The van der Waals surface area contributed by atoms with Gasteiger partial charge in [0.25, 0.3) is 0 Å². The number of rotatable bonds is 2. The molecule has 1 fully saturated rings. The Bertz CT molecular complexity index is 434. The molecule has 0 radical (unpaired) electrons. The maximum atomic E-state index is 9.11. The zero-order valence-electron chi connectivity index (χ0n) is 9.96. The van der Waals surface area contributed by atoms with Gasteiger partial charge in [0.1, 0.15) is 17.5 Å². The fraction of sp³-hybridized carbons (Fsp3) is 0.636. The Hall–Kier alpha value is -1.54. The predicted molar refractivity (Wildman–Crippen MR) is 62.2 cm³/mol. The Labute approximate surface area is 95.4 Å². The summed E-state index contributed by atoms with van der Waals surface area (Å²) in [5, 5.41) is 20.1. The fourth-order valence-corrected chi connectivity index (χ4v) is 2.14. The van der Waals surface area contributed by atoms with E-state index < -0.39 is 0 Å².